The SMILES string of the molecule is C=Cc1cc(-c2n[n]([Tl])c3ccc([N+](=O)[O-])cc23)ccn1. The van der Waals surface area contributed by atoms with E-state index in [0.717, 1.165) is 27.9 Å². The van der Waals surface area contributed by atoms with Crippen molar-refractivity contribution in [3.05, 3.63) is 58.9 Å². The molecule has 7 heteroatoms. The molecule has 0 amide bonds. The van der Waals surface area contributed by atoms with Crippen LogP contribution >= 0.6 is 0 Å². The van der Waals surface area contributed by atoms with E-state index in [1.54, 1.807) is 24.4 Å². The molecule has 0 aliphatic rings. The number of non-ortho nitro benzene ring substituents is 1. The van der Waals surface area contributed by atoms with Crippen LogP contribution in [-0.2, 0) is 0 Å². The molecule has 1 aromatic carbocycles. The maximum absolute atomic E-state index is 11.0. The van der Waals surface area contributed by atoms with Gasteiger partial charge in [0.25, 0.3) is 0 Å². The van der Waals surface area contributed by atoms with Gasteiger partial charge in [-0.1, -0.05) is 0 Å². The van der Waals surface area contributed by atoms with E-state index in [-0.39, 0.29) is 5.69 Å². The number of aromatic nitrogens is 3. The van der Waals surface area contributed by atoms with Crippen molar-refractivity contribution in [1.29, 1.82) is 0 Å². The first kappa shape index (κ1) is 13.9. The summed E-state index contributed by atoms with van der Waals surface area (Å²) in [4.78, 5) is 14.7. The van der Waals surface area contributed by atoms with Gasteiger partial charge in [-0.15, -0.1) is 0 Å². The Hall–Kier alpha value is -2.10. The van der Waals surface area contributed by atoms with Crippen LogP contribution in [0.4, 0.5) is 5.69 Å². The van der Waals surface area contributed by atoms with Crippen LogP contribution in [-0.4, -0.2) is 43.6 Å². The zero-order valence-electron chi connectivity index (χ0n) is 10.9. The second-order valence-electron chi connectivity index (χ2n) is 4.43. The van der Waals surface area contributed by atoms with Gasteiger partial charge in [-0.25, -0.2) is 0 Å². The molecule has 0 spiro atoms. The molecule has 0 radical (unpaired) electrons. The standard InChI is InChI=1S/C14H9N4O2.Tl/c1-2-10-7-9(5-6-15-10)14-12-8-11(18(19)20)3-4-13(12)16-17-14;/h2-8H,1H2;/q-1;+1. The summed E-state index contributed by atoms with van der Waals surface area (Å²) in [5.41, 5.74) is 3.35. The molecule has 3 aromatic rings. The number of fused-ring (bicyclic) bond motifs is 1. The van der Waals surface area contributed by atoms with E-state index < -0.39 is 4.92 Å². The number of nitro groups is 1. The van der Waals surface area contributed by atoms with Crippen LogP contribution in [0, 0.1) is 10.1 Å². The topological polar surface area (TPSA) is 73.8 Å². The number of hydrogen-bond donors (Lipinski definition) is 0. The number of benzene rings is 1. The summed E-state index contributed by atoms with van der Waals surface area (Å²) < 4.78 is 1.88. The van der Waals surface area contributed by atoms with Crippen LogP contribution in [0.2, 0.25) is 0 Å². The molecule has 21 heavy (non-hydrogen) atoms. The summed E-state index contributed by atoms with van der Waals surface area (Å²) in [5, 5.41) is 16.3. The Bertz CT molecular complexity index is 873. The van der Waals surface area contributed by atoms with Gasteiger partial charge in [0, 0.05) is 0 Å². The normalized spacial score (nSPS) is 10.6. The van der Waals surface area contributed by atoms with E-state index in [1.165, 1.54) is 6.07 Å². The van der Waals surface area contributed by atoms with Crippen molar-refractivity contribution in [2.45, 2.75) is 0 Å². The molecule has 2 heterocycles. The van der Waals surface area contributed by atoms with Gasteiger partial charge in [0.05, 0.1) is 0 Å². The van der Waals surface area contributed by atoms with Gasteiger partial charge in [-0.3, -0.25) is 0 Å². The van der Waals surface area contributed by atoms with Gasteiger partial charge >= 0.3 is 136 Å². The first-order chi connectivity index (χ1) is 10.1. The van der Waals surface area contributed by atoms with Crippen molar-refractivity contribution >= 4 is 48.7 Å². The molecule has 0 fully saturated rings. The van der Waals surface area contributed by atoms with E-state index in [9.17, 15) is 10.1 Å². The zero-order chi connectivity index (χ0) is 15.0. The van der Waals surface area contributed by atoms with Crippen molar-refractivity contribution in [2.24, 2.45) is 0 Å². The quantitative estimate of drug-likeness (QED) is 0.336. The molecule has 0 bridgehead atoms. The molecule has 3 rings (SSSR count). The summed E-state index contributed by atoms with van der Waals surface area (Å²) in [6.45, 7) is 3.70. The Morgan fingerprint density at radius 2 is 2.14 bits per heavy atom. The number of nitrogens with zero attached hydrogens (tertiary/aromatic N) is 4. The predicted octanol–water partition coefficient (Wildman–Crippen LogP) is 2.58. The van der Waals surface area contributed by atoms with Crippen LogP contribution in [0.5, 0.6) is 0 Å². The van der Waals surface area contributed by atoms with Gasteiger partial charge in [0.2, 0.25) is 0 Å². The monoisotopic (exact) mass is 470 g/mol. The van der Waals surface area contributed by atoms with Gasteiger partial charge in [0.15, 0.2) is 0 Å². The molecule has 100 valence electrons. The van der Waals surface area contributed by atoms with Crippen molar-refractivity contribution < 1.29 is 4.92 Å². The molecule has 0 atom stereocenters. The number of rotatable bonds is 3. The van der Waals surface area contributed by atoms with E-state index >= 15 is 0 Å². The average Bonchev–Trinajstić information content (AvgIpc) is 2.84. The fourth-order valence-corrected chi connectivity index (χ4v) is 3.49. The Morgan fingerprint density at radius 1 is 1.33 bits per heavy atom. The molecular weight excluding hydrogens is 461 g/mol. The Balaban J connectivity index is 2.28. The Kier molecular flexibility index (Phi) is 3.54. The van der Waals surface area contributed by atoms with Crippen molar-refractivity contribution in [3.63, 3.8) is 0 Å². The van der Waals surface area contributed by atoms with Gasteiger partial charge in [-0.05, 0) is 0 Å². The van der Waals surface area contributed by atoms with Gasteiger partial charge in [0.1, 0.15) is 0 Å². The molecule has 0 unspecified atom stereocenters. The minimum atomic E-state index is -0.391. The van der Waals surface area contributed by atoms with Gasteiger partial charge in [-0.2, -0.15) is 0 Å². The van der Waals surface area contributed by atoms with Crippen molar-refractivity contribution in [3.8, 4) is 11.3 Å². The summed E-state index contributed by atoms with van der Waals surface area (Å²) in [7, 11) is 0. The van der Waals surface area contributed by atoms with E-state index in [0.29, 0.717) is 26.1 Å². The van der Waals surface area contributed by atoms with Crippen LogP contribution < -0.4 is 0 Å². The molecule has 0 aliphatic carbocycles. The molecule has 2 aromatic heterocycles. The third-order valence-corrected chi connectivity index (χ3v) is 4.69. The predicted molar refractivity (Wildman–Crippen MR) is 80.9 cm³/mol. The van der Waals surface area contributed by atoms with Crippen LogP contribution in [0.25, 0.3) is 28.2 Å². The second-order valence-corrected chi connectivity index (χ2v) is 6.33. The summed E-state index contributed by atoms with van der Waals surface area (Å²) in [6.07, 6.45) is 3.34. The summed E-state index contributed by atoms with van der Waals surface area (Å²) in [5.74, 6) is 0. The van der Waals surface area contributed by atoms with Crippen molar-refractivity contribution in [1.82, 2.24) is 12.6 Å². The number of nitro benzene ring substituents is 1. The minimum absolute atomic E-state index is 0.0692. The average molecular weight is 470 g/mol. The van der Waals surface area contributed by atoms with Crippen molar-refractivity contribution in [2.75, 3.05) is 0 Å². The molecule has 0 saturated carbocycles. The maximum atomic E-state index is 11.0. The summed E-state index contributed by atoms with van der Waals surface area (Å²) in [6, 6.07) is 8.55. The first-order valence-electron chi connectivity index (χ1n) is 6.11. The van der Waals surface area contributed by atoms with Crippen LogP contribution in [0.3, 0.4) is 0 Å². The molecule has 0 saturated heterocycles. The van der Waals surface area contributed by atoms with E-state index in [4.69, 9.17) is 0 Å². The zero-order valence-corrected chi connectivity index (χ0v) is 15.4. The van der Waals surface area contributed by atoms with Crippen LogP contribution in [0.1, 0.15) is 5.69 Å². The van der Waals surface area contributed by atoms with E-state index in [1.807, 2.05) is 14.6 Å². The summed E-state index contributed by atoms with van der Waals surface area (Å²) >= 11 is 0.480. The molecule has 6 nitrogen and oxygen atoms in total. The fraction of sp³-hybridized carbons (Fsp3) is 0. The fourth-order valence-electron chi connectivity index (χ4n) is 2.16. The third-order valence-electron chi connectivity index (χ3n) is 3.16. The number of pyridine rings is 1. The molecule has 0 N–H and O–H groups in total. The Morgan fingerprint density at radius 3 is 2.86 bits per heavy atom. The number of hydrogen-bond acceptors (Lipinski definition) is 4. The Labute approximate surface area is 136 Å². The second kappa shape index (κ2) is 5.36. The first-order valence-corrected chi connectivity index (χ1v) is 8.12. The molecule has 0 aliphatic heterocycles. The van der Waals surface area contributed by atoms with E-state index in [2.05, 4.69) is 16.7 Å². The van der Waals surface area contributed by atoms with Crippen LogP contribution in [0.15, 0.2) is 43.1 Å². The third kappa shape index (κ3) is 2.46. The molecular formula is C14H9N4O2Tl. The van der Waals surface area contributed by atoms with Gasteiger partial charge < -0.3 is 0 Å².